The Hall–Kier alpha value is -3.68. The van der Waals surface area contributed by atoms with Gasteiger partial charge in [-0.1, -0.05) is 12.1 Å². The molecular formula is C19H19N3O5. The Bertz CT molecular complexity index is 860. The SMILES string of the molecule is CN(C)c1ccc(NC(=O)COC(=O)/C=C/c2ccccc2[N+](=O)[O-])cc1. The van der Waals surface area contributed by atoms with Crippen molar-refractivity contribution in [2.75, 3.05) is 30.9 Å². The minimum absolute atomic E-state index is 0.125. The number of benzene rings is 2. The number of amides is 1. The summed E-state index contributed by atoms with van der Waals surface area (Å²) in [6.07, 6.45) is 2.32. The summed E-state index contributed by atoms with van der Waals surface area (Å²) in [6.45, 7) is -0.463. The van der Waals surface area contributed by atoms with Crippen LogP contribution in [0.25, 0.3) is 6.08 Å². The van der Waals surface area contributed by atoms with Crippen LogP contribution in [0, 0.1) is 10.1 Å². The van der Waals surface area contributed by atoms with Crippen LogP contribution in [0.1, 0.15) is 5.56 Å². The molecule has 0 unspecified atom stereocenters. The lowest BCUT2D eigenvalue weighted by molar-refractivity contribution is -0.385. The number of nitro groups is 1. The van der Waals surface area contributed by atoms with E-state index < -0.39 is 23.4 Å². The first-order valence-corrected chi connectivity index (χ1v) is 8.02. The Balaban J connectivity index is 1.86. The van der Waals surface area contributed by atoms with Gasteiger partial charge in [-0.15, -0.1) is 0 Å². The number of nitrogens with one attached hydrogen (secondary N) is 1. The van der Waals surface area contributed by atoms with Crippen LogP contribution in [0.15, 0.2) is 54.6 Å². The van der Waals surface area contributed by atoms with Gasteiger partial charge in [-0.2, -0.15) is 0 Å². The molecule has 2 aromatic carbocycles. The largest absolute Gasteiger partial charge is 0.452 e. The Morgan fingerprint density at radius 2 is 1.81 bits per heavy atom. The van der Waals surface area contributed by atoms with Gasteiger partial charge >= 0.3 is 5.97 Å². The number of esters is 1. The first-order valence-electron chi connectivity index (χ1n) is 8.02. The molecule has 140 valence electrons. The highest BCUT2D eigenvalue weighted by atomic mass is 16.6. The van der Waals surface area contributed by atoms with Crippen molar-refractivity contribution < 1.29 is 19.2 Å². The molecule has 0 spiro atoms. The van der Waals surface area contributed by atoms with Crippen molar-refractivity contribution in [2.24, 2.45) is 0 Å². The molecule has 2 aromatic rings. The molecule has 0 saturated carbocycles. The minimum Gasteiger partial charge on any atom is -0.452 e. The Morgan fingerprint density at radius 1 is 1.15 bits per heavy atom. The Morgan fingerprint density at radius 3 is 2.44 bits per heavy atom. The van der Waals surface area contributed by atoms with Crippen molar-refractivity contribution in [3.8, 4) is 0 Å². The van der Waals surface area contributed by atoms with E-state index in [0.29, 0.717) is 5.69 Å². The van der Waals surface area contributed by atoms with Crippen LogP contribution in [-0.4, -0.2) is 37.5 Å². The molecule has 0 atom stereocenters. The van der Waals surface area contributed by atoms with Gasteiger partial charge in [0.1, 0.15) is 0 Å². The lowest BCUT2D eigenvalue weighted by Gasteiger charge is -2.13. The monoisotopic (exact) mass is 369 g/mol. The molecule has 2 rings (SSSR count). The number of ether oxygens (including phenoxy) is 1. The molecule has 0 radical (unpaired) electrons. The van der Waals surface area contributed by atoms with Gasteiger partial charge in [0, 0.05) is 37.6 Å². The molecule has 0 aliphatic rings. The summed E-state index contributed by atoms with van der Waals surface area (Å²) in [6, 6.07) is 13.2. The first-order chi connectivity index (χ1) is 12.9. The second-order valence-electron chi connectivity index (χ2n) is 5.75. The van der Waals surface area contributed by atoms with Gasteiger partial charge in [0.2, 0.25) is 0 Å². The van der Waals surface area contributed by atoms with E-state index in [4.69, 9.17) is 4.74 Å². The van der Waals surface area contributed by atoms with Crippen LogP contribution >= 0.6 is 0 Å². The highest BCUT2D eigenvalue weighted by molar-refractivity contribution is 5.94. The molecule has 0 fully saturated rings. The Labute approximate surface area is 156 Å². The summed E-state index contributed by atoms with van der Waals surface area (Å²) in [4.78, 5) is 35.8. The molecule has 0 aliphatic heterocycles. The molecule has 0 heterocycles. The van der Waals surface area contributed by atoms with E-state index in [1.807, 2.05) is 31.1 Å². The maximum Gasteiger partial charge on any atom is 0.331 e. The second-order valence-corrected chi connectivity index (χ2v) is 5.75. The maximum atomic E-state index is 11.8. The molecule has 0 saturated heterocycles. The van der Waals surface area contributed by atoms with Crippen molar-refractivity contribution in [3.05, 3.63) is 70.3 Å². The molecule has 0 aliphatic carbocycles. The topological polar surface area (TPSA) is 102 Å². The van der Waals surface area contributed by atoms with Crippen molar-refractivity contribution in [1.82, 2.24) is 0 Å². The number of carbonyl (C=O) groups excluding carboxylic acids is 2. The summed E-state index contributed by atoms with van der Waals surface area (Å²) in [7, 11) is 3.81. The molecule has 8 heteroatoms. The van der Waals surface area contributed by atoms with Crippen LogP contribution in [0.3, 0.4) is 0 Å². The van der Waals surface area contributed by atoms with Crippen LogP contribution in [0.4, 0.5) is 17.1 Å². The zero-order chi connectivity index (χ0) is 19.8. The average molecular weight is 369 g/mol. The fraction of sp³-hybridized carbons (Fsp3) is 0.158. The number of hydrogen-bond donors (Lipinski definition) is 1. The fourth-order valence-corrected chi connectivity index (χ4v) is 2.18. The van der Waals surface area contributed by atoms with E-state index in [1.165, 1.54) is 24.3 Å². The minimum atomic E-state index is -0.772. The van der Waals surface area contributed by atoms with Gasteiger partial charge in [-0.05, 0) is 36.4 Å². The van der Waals surface area contributed by atoms with Gasteiger partial charge in [0.05, 0.1) is 10.5 Å². The zero-order valence-electron chi connectivity index (χ0n) is 14.9. The summed E-state index contributed by atoms with van der Waals surface area (Å²) >= 11 is 0. The second kappa shape index (κ2) is 9.14. The normalized spacial score (nSPS) is 10.4. The van der Waals surface area contributed by atoms with Gasteiger partial charge in [0.15, 0.2) is 6.61 Å². The van der Waals surface area contributed by atoms with Gasteiger partial charge in [0.25, 0.3) is 11.6 Å². The Kier molecular flexibility index (Phi) is 6.65. The average Bonchev–Trinajstić information content (AvgIpc) is 2.65. The molecule has 0 bridgehead atoms. The zero-order valence-corrected chi connectivity index (χ0v) is 14.9. The van der Waals surface area contributed by atoms with Crippen LogP contribution < -0.4 is 10.2 Å². The molecule has 0 aromatic heterocycles. The van der Waals surface area contributed by atoms with E-state index in [9.17, 15) is 19.7 Å². The smallest absolute Gasteiger partial charge is 0.331 e. The fourth-order valence-electron chi connectivity index (χ4n) is 2.18. The van der Waals surface area contributed by atoms with Gasteiger partial charge in [-0.3, -0.25) is 14.9 Å². The van der Waals surface area contributed by atoms with Crippen molar-refractivity contribution in [1.29, 1.82) is 0 Å². The maximum absolute atomic E-state index is 11.8. The summed E-state index contributed by atoms with van der Waals surface area (Å²) in [5.74, 6) is -1.26. The predicted molar refractivity (Wildman–Crippen MR) is 102 cm³/mol. The first kappa shape index (κ1) is 19.6. The van der Waals surface area contributed by atoms with E-state index in [2.05, 4.69) is 5.32 Å². The van der Waals surface area contributed by atoms with E-state index in [1.54, 1.807) is 18.2 Å². The van der Waals surface area contributed by atoms with Gasteiger partial charge in [-0.25, -0.2) is 4.79 Å². The number of carbonyl (C=O) groups is 2. The highest BCUT2D eigenvalue weighted by Gasteiger charge is 2.10. The third kappa shape index (κ3) is 5.96. The van der Waals surface area contributed by atoms with E-state index in [-0.39, 0.29) is 11.3 Å². The number of nitro benzene ring substituents is 1. The number of hydrogen-bond acceptors (Lipinski definition) is 6. The number of nitrogens with zero attached hydrogens (tertiary/aromatic N) is 2. The summed E-state index contributed by atoms with van der Waals surface area (Å²) in [5.41, 5.74) is 1.71. The molecular weight excluding hydrogens is 350 g/mol. The van der Waals surface area contributed by atoms with Crippen molar-refractivity contribution >= 4 is 35.0 Å². The lowest BCUT2D eigenvalue weighted by atomic mass is 10.1. The number of rotatable bonds is 7. The van der Waals surface area contributed by atoms with E-state index >= 15 is 0 Å². The quantitative estimate of drug-likeness (QED) is 0.348. The van der Waals surface area contributed by atoms with Crippen LogP contribution in [0.5, 0.6) is 0 Å². The van der Waals surface area contributed by atoms with Crippen LogP contribution in [0.2, 0.25) is 0 Å². The van der Waals surface area contributed by atoms with Gasteiger partial charge < -0.3 is 15.0 Å². The summed E-state index contributed by atoms with van der Waals surface area (Å²) < 4.78 is 4.84. The third-order valence-corrected chi connectivity index (χ3v) is 3.55. The van der Waals surface area contributed by atoms with Crippen molar-refractivity contribution in [3.63, 3.8) is 0 Å². The predicted octanol–water partition coefficient (Wildman–Crippen LogP) is 2.86. The number of anilines is 2. The van der Waals surface area contributed by atoms with Crippen LogP contribution in [-0.2, 0) is 14.3 Å². The molecule has 8 nitrogen and oxygen atoms in total. The standard InChI is InChI=1S/C19H19N3O5/c1-21(2)16-10-8-15(9-11-16)20-18(23)13-27-19(24)12-7-14-5-3-4-6-17(14)22(25)26/h3-12H,13H2,1-2H3,(H,20,23)/b12-7+. The molecule has 1 N–H and O–H groups in total. The highest BCUT2D eigenvalue weighted by Crippen LogP contribution is 2.19. The third-order valence-electron chi connectivity index (χ3n) is 3.55. The lowest BCUT2D eigenvalue weighted by Crippen LogP contribution is -2.20. The van der Waals surface area contributed by atoms with E-state index in [0.717, 1.165) is 11.8 Å². The molecule has 1 amide bonds. The molecule has 27 heavy (non-hydrogen) atoms. The summed E-state index contributed by atoms with van der Waals surface area (Å²) in [5, 5.41) is 13.5. The number of para-hydroxylation sites is 1. The van der Waals surface area contributed by atoms with Crippen molar-refractivity contribution in [2.45, 2.75) is 0 Å².